The molecule has 0 bridgehead atoms. The predicted octanol–water partition coefficient (Wildman–Crippen LogP) is 5.90. The van der Waals surface area contributed by atoms with Gasteiger partial charge in [0.2, 0.25) is 0 Å². The van der Waals surface area contributed by atoms with Crippen LogP contribution in [0.3, 0.4) is 0 Å². The molecule has 1 aliphatic carbocycles. The Labute approximate surface area is 199 Å². The summed E-state index contributed by atoms with van der Waals surface area (Å²) in [6.45, 7) is 1.15. The minimum absolute atomic E-state index is 0.520. The van der Waals surface area contributed by atoms with Crippen molar-refractivity contribution in [1.82, 2.24) is 24.4 Å². The van der Waals surface area contributed by atoms with E-state index in [-0.39, 0.29) is 0 Å². The molecule has 3 aromatic heterocycles. The first-order chi connectivity index (χ1) is 16.6. The Morgan fingerprint density at radius 1 is 0.971 bits per heavy atom. The molecule has 5 aromatic rings. The molecule has 1 saturated carbocycles. The third kappa shape index (κ3) is 3.90. The number of fused-ring (bicyclic) bond motifs is 2. The lowest BCUT2D eigenvalue weighted by Gasteiger charge is -2.38. The van der Waals surface area contributed by atoms with Crippen LogP contribution in [0.5, 0.6) is 0 Å². The van der Waals surface area contributed by atoms with Gasteiger partial charge in [-0.15, -0.1) is 0 Å². The van der Waals surface area contributed by atoms with Crippen LogP contribution in [0.15, 0.2) is 79.3 Å². The minimum Gasteiger partial charge on any atom is -0.340 e. The van der Waals surface area contributed by atoms with E-state index in [0.717, 1.165) is 57.2 Å². The number of benzene rings is 2. The number of rotatable bonds is 6. The zero-order valence-electron chi connectivity index (χ0n) is 19.5. The number of nitrogens with zero attached hydrogens (tertiary/aromatic N) is 5. The van der Waals surface area contributed by atoms with Gasteiger partial charge in [-0.1, -0.05) is 42.5 Å². The highest BCUT2D eigenvalue weighted by Crippen LogP contribution is 2.40. The highest BCUT2D eigenvalue weighted by molar-refractivity contribution is 5.91. The van der Waals surface area contributed by atoms with Crippen molar-refractivity contribution in [2.24, 2.45) is 5.92 Å². The standard InChI is InChI=1S/C28H28N6/c1-33(2)17-19-14-23(15-19)34-13-12-24-27(29-18-30-28(24)34)31-22-10-8-21-9-11-25(32-26(21)16-22)20-6-4-3-5-7-20/h3-13,16,18-19,23H,14-15,17H2,1-2H3,(H,29,30,31). The largest absolute Gasteiger partial charge is 0.340 e. The molecule has 0 spiro atoms. The Balaban J connectivity index is 1.27. The van der Waals surface area contributed by atoms with E-state index in [1.165, 1.54) is 12.8 Å². The fourth-order valence-corrected chi connectivity index (χ4v) is 5.06. The van der Waals surface area contributed by atoms with Crippen LogP contribution >= 0.6 is 0 Å². The Morgan fingerprint density at radius 2 is 1.79 bits per heavy atom. The molecular weight excluding hydrogens is 420 g/mol. The van der Waals surface area contributed by atoms with Gasteiger partial charge in [0.15, 0.2) is 0 Å². The number of anilines is 2. The van der Waals surface area contributed by atoms with Crippen LogP contribution in [0.2, 0.25) is 0 Å². The zero-order valence-corrected chi connectivity index (χ0v) is 19.5. The lowest BCUT2D eigenvalue weighted by molar-refractivity contribution is 0.159. The maximum atomic E-state index is 4.90. The Hall–Kier alpha value is -3.77. The third-order valence-electron chi connectivity index (χ3n) is 6.76. The van der Waals surface area contributed by atoms with E-state index in [1.54, 1.807) is 6.33 Å². The lowest BCUT2D eigenvalue weighted by atomic mass is 9.80. The fraction of sp³-hybridized carbons (Fsp3) is 0.250. The molecule has 0 radical (unpaired) electrons. The molecule has 170 valence electrons. The van der Waals surface area contributed by atoms with Gasteiger partial charge in [0.25, 0.3) is 0 Å². The van der Waals surface area contributed by atoms with Crippen molar-refractivity contribution in [2.45, 2.75) is 18.9 Å². The number of hydrogen-bond donors (Lipinski definition) is 1. The molecule has 1 N–H and O–H groups in total. The van der Waals surface area contributed by atoms with Crippen LogP contribution in [-0.4, -0.2) is 45.1 Å². The van der Waals surface area contributed by atoms with Crippen molar-refractivity contribution in [3.63, 3.8) is 0 Å². The molecule has 6 nitrogen and oxygen atoms in total. The second kappa shape index (κ2) is 8.54. The molecule has 0 atom stereocenters. The summed E-state index contributed by atoms with van der Waals surface area (Å²) in [4.78, 5) is 16.4. The van der Waals surface area contributed by atoms with E-state index in [1.807, 2.05) is 18.2 Å². The quantitative estimate of drug-likeness (QED) is 0.350. The molecule has 0 aliphatic heterocycles. The summed E-state index contributed by atoms with van der Waals surface area (Å²) in [7, 11) is 4.29. The van der Waals surface area contributed by atoms with E-state index in [4.69, 9.17) is 4.98 Å². The van der Waals surface area contributed by atoms with Gasteiger partial charge in [-0.25, -0.2) is 15.0 Å². The number of aromatic nitrogens is 4. The normalized spacial score (nSPS) is 17.9. The minimum atomic E-state index is 0.520. The summed E-state index contributed by atoms with van der Waals surface area (Å²) in [6.07, 6.45) is 6.22. The predicted molar refractivity (Wildman–Crippen MR) is 138 cm³/mol. The summed E-state index contributed by atoms with van der Waals surface area (Å²) >= 11 is 0. The Morgan fingerprint density at radius 3 is 2.62 bits per heavy atom. The van der Waals surface area contributed by atoms with Gasteiger partial charge < -0.3 is 14.8 Å². The van der Waals surface area contributed by atoms with Crippen LogP contribution in [0.25, 0.3) is 33.2 Å². The third-order valence-corrected chi connectivity index (χ3v) is 6.76. The number of hydrogen-bond acceptors (Lipinski definition) is 5. The van der Waals surface area contributed by atoms with Gasteiger partial charge >= 0.3 is 0 Å². The summed E-state index contributed by atoms with van der Waals surface area (Å²) < 4.78 is 2.32. The molecule has 1 aliphatic rings. The van der Waals surface area contributed by atoms with Crippen molar-refractivity contribution in [3.8, 4) is 11.3 Å². The molecule has 0 unspecified atom stereocenters. The molecule has 2 aromatic carbocycles. The molecular formula is C28H28N6. The van der Waals surface area contributed by atoms with Crippen LogP contribution in [0, 0.1) is 5.92 Å². The number of pyridine rings is 1. The van der Waals surface area contributed by atoms with Gasteiger partial charge in [-0.05, 0) is 57.1 Å². The van der Waals surface area contributed by atoms with Gasteiger partial charge in [-0.2, -0.15) is 0 Å². The van der Waals surface area contributed by atoms with Gasteiger partial charge in [0, 0.05) is 35.4 Å². The molecule has 6 heteroatoms. The summed E-state index contributed by atoms with van der Waals surface area (Å²) in [5, 5.41) is 5.67. The van der Waals surface area contributed by atoms with Crippen LogP contribution in [-0.2, 0) is 0 Å². The van der Waals surface area contributed by atoms with E-state index < -0.39 is 0 Å². The molecule has 0 amide bonds. The molecule has 6 rings (SSSR count). The van der Waals surface area contributed by atoms with Crippen molar-refractivity contribution >= 4 is 33.4 Å². The van der Waals surface area contributed by atoms with E-state index in [2.05, 4.69) is 93.6 Å². The maximum absolute atomic E-state index is 4.90. The van der Waals surface area contributed by atoms with Crippen molar-refractivity contribution in [2.75, 3.05) is 26.0 Å². The van der Waals surface area contributed by atoms with Gasteiger partial charge in [0.05, 0.1) is 16.6 Å². The van der Waals surface area contributed by atoms with Crippen LogP contribution in [0.1, 0.15) is 18.9 Å². The summed E-state index contributed by atoms with van der Waals surface area (Å²) in [5.74, 6) is 1.59. The summed E-state index contributed by atoms with van der Waals surface area (Å²) in [6, 6.07) is 23.4. The highest BCUT2D eigenvalue weighted by atomic mass is 15.1. The zero-order chi connectivity index (χ0) is 23.1. The maximum Gasteiger partial charge on any atom is 0.145 e. The van der Waals surface area contributed by atoms with Crippen molar-refractivity contribution in [1.29, 1.82) is 0 Å². The topological polar surface area (TPSA) is 58.9 Å². The molecule has 0 saturated heterocycles. The molecule has 34 heavy (non-hydrogen) atoms. The van der Waals surface area contributed by atoms with E-state index in [0.29, 0.717) is 6.04 Å². The molecule has 3 heterocycles. The Bertz CT molecular complexity index is 1450. The first-order valence-electron chi connectivity index (χ1n) is 11.8. The van der Waals surface area contributed by atoms with Crippen LogP contribution in [0.4, 0.5) is 11.5 Å². The lowest BCUT2D eigenvalue weighted by Crippen LogP contribution is -2.33. The second-order valence-corrected chi connectivity index (χ2v) is 9.53. The van der Waals surface area contributed by atoms with E-state index >= 15 is 0 Å². The summed E-state index contributed by atoms with van der Waals surface area (Å²) in [5.41, 5.74) is 5.00. The first-order valence-corrected chi connectivity index (χ1v) is 11.8. The van der Waals surface area contributed by atoms with Gasteiger partial charge in [-0.3, -0.25) is 0 Å². The monoisotopic (exact) mass is 448 g/mol. The average molecular weight is 449 g/mol. The van der Waals surface area contributed by atoms with Gasteiger partial charge in [0.1, 0.15) is 17.8 Å². The first kappa shape index (κ1) is 20.8. The second-order valence-electron chi connectivity index (χ2n) is 9.53. The van der Waals surface area contributed by atoms with Crippen LogP contribution < -0.4 is 5.32 Å². The fourth-order valence-electron chi connectivity index (χ4n) is 5.06. The SMILES string of the molecule is CN(C)CC1CC(n2ccc3c(Nc4ccc5ccc(-c6ccccc6)nc5c4)ncnc32)C1. The van der Waals surface area contributed by atoms with Crippen molar-refractivity contribution in [3.05, 3.63) is 79.3 Å². The van der Waals surface area contributed by atoms with Crippen molar-refractivity contribution < 1.29 is 0 Å². The molecule has 1 fully saturated rings. The smallest absolute Gasteiger partial charge is 0.145 e. The number of nitrogens with one attached hydrogen (secondary N) is 1. The average Bonchev–Trinajstić information content (AvgIpc) is 3.26. The van der Waals surface area contributed by atoms with E-state index in [9.17, 15) is 0 Å². The Kier molecular flexibility index (Phi) is 5.23. The highest BCUT2D eigenvalue weighted by Gasteiger charge is 2.31.